The lowest BCUT2D eigenvalue weighted by atomic mass is 9.95. The standard InChI is InChI=1S/C20H23ClN2O3S/c1-14-10-11-18(27(25,26)23-17-9-5-6-15(21)12-17)13-19(14)20(24)22-16-7-3-2-4-8-16/h5-6,9-13,16,23H,2-4,7-8H2,1H3,(H,22,24). The molecule has 1 fully saturated rings. The van der Waals surface area contributed by atoms with Gasteiger partial charge in [0, 0.05) is 16.6 Å². The number of nitrogens with one attached hydrogen (secondary N) is 2. The van der Waals surface area contributed by atoms with Crippen molar-refractivity contribution in [1.82, 2.24) is 5.32 Å². The van der Waals surface area contributed by atoms with Gasteiger partial charge in [-0.25, -0.2) is 8.42 Å². The van der Waals surface area contributed by atoms with E-state index >= 15 is 0 Å². The Labute approximate surface area is 165 Å². The van der Waals surface area contributed by atoms with E-state index in [-0.39, 0.29) is 16.8 Å². The van der Waals surface area contributed by atoms with Crippen LogP contribution in [0.25, 0.3) is 0 Å². The number of rotatable bonds is 5. The summed E-state index contributed by atoms with van der Waals surface area (Å²) in [6, 6.07) is 11.2. The fourth-order valence-electron chi connectivity index (χ4n) is 3.29. The molecule has 144 valence electrons. The second-order valence-corrected chi connectivity index (χ2v) is 9.02. The molecule has 1 saturated carbocycles. The fourth-order valence-corrected chi connectivity index (χ4v) is 4.55. The van der Waals surface area contributed by atoms with Crippen molar-refractivity contribution in [3.63, 3.8) is 0 Å². The molecule has 2 aromatic carbocycles. The van der Waals surface area contributed by atoms with E-state index in [0.717, 1.165) is 31.2 Å². The maximum Gasteiger partial charge on any atom is 0.261 e. The van der Waals surface area contributed by atoms with Crippen molar-refractivity contribution in [1.29, 1.82) is 0 Å². The topological polar surface area (TPSA) is 75.3 Å². The number of hydrogen-bond donors (Lipinski definition) is 2. The molecule has 0 aromatic heterocycles. The van der Waals surface area contributed by atoms with Gasteiger partial charge >= 0.3 is 0 Å². The lowest BCUT2D eigenvalue weighted by Crippen LogP contribution is -2.36. The van der Waals surface area contributed by atoms with Crippen molar-refractivity contribution >= 4 is 33.2 Å². The summed E-state index contributed by atoms with van der Waals surface area (Å²) in [4.78, 5) is 12.7. The zero-order valence-electron chi connectivity index (χ0n) is 15.2. The van der Waals surface area contributed by atoms with E-state index in [1.54, 1.807) is 31.2 Å². The fraction of sp³-hybridized carbons (Fsp3) is 0.350. The van der Waals surface area contributed by atoms with Crippen LogP contribution in [-0.2, 0) is 10.0 Å². The molecule has 5 nitrogen and oxygen atoms in total. The Balaban J connectivity index is 1.82. The van der Waals surface area contributed by atoms with E-state index in [2.05, 4.69) is 10.0 Å². The highest BCUT2D eigenvalue weighted by molar-refractivity contribution is 7.92. The van der Waals surface area contributed by atoms with Gasteiger partial charge in [0.1, 0.15) is 0 Å². The van der Waals surface area contributed by atoms with Crippen LogP contribution in [0.1, 0.15) is 48.0 Å². The van der Waals surface area contributed by atoms with Crippen molar-refractivity contribution in [3.8, 4) is 0 Å². The third-order valence-corrected chi connectivity index (χ3v) is 6.40. The summed E-state index contributed by atoms with van der Waals surface area (Å²) < 4.78 is 27.9. The number of carbonyl (C=O) groups excluding carboxylic acids is 1. The smallest absolute Gasteiger partial charge is 0.261 e. The van der Waals surface area contributed by atoms with Crippen molar-refractivity contribution in [2.45, 2.75) is 50.0 Å². The molecule has 1 aliphatic rings. The average Bonchev–Trinajstić information content (AvgIpc) is 2.62. The minimum absolute atomic E-state index is 0.0434. The average molecular weight is 407 g/mol. The largest absolute Gasteiger partial charge is 0.349 e. The number of carbonyl (C=O) groups is 1. The monoisotopic (exact) mass is 406 g/mol. The van der Waals surface area contributed by atoms with E-state index in [1.807, 2.05) is 0 Å². The van der Waals surface area contributed by atoms with E-state index in [0.29, 0.717) is 16.3 Å². The second-order valence-electron chi connectivity index (χ2n) is 6.90. The Morgan fingerprint density at radius 2 is 1.81 bits per heavy atom. The maximum atomic E-state index is 12.7. The normalized spacial score (nSPS) is 15.3. The summed E-state index contributed by atoms with van der Waals surface area (Å²) in [6.07, 6.45) is 5.37. The van der Waals surface area contributed by atoms with Crippen LogP contribution in [0.5, 0.6) is 0 Å². The molecule has 0 aliphatic heterocycles. The predicted octanol–water partition coefficient (Wildman–Crippen LogP) is 4.51. The molecule has 7 heteroatoms. The molecule has 1 aliphatic carbocycles. The summed E-state index contributed by atoms with van der Waals surface area (Å²) in [5.41, 5.74) is 1.50. The molecule has 0 bridgehead atoms. The highest BCUT2D eigenvalue weighted by Gasteiger charge is 2.21. The van der Waals surface area contributed by atoms with Crippen molar-refractivity contribution < 1.29 is 13.2 Å². The molecule has 0 radical (unpaired) electrons. The molecule has 27 heavy (non-hydrogen) atoms. The zero-order valence-corrected chi connectivity index (χ0v) is 16.7. The van der Waals surface area contributed by atoms with Crippen LogP contribution in [0.3, 0.4) is 0 Å². The van der Waals surface area contributed by atoms with Gasteiger partial charge in [0.25, 0.3) is 15.9 Å². The van der Waals surface area contributed by atoms with Crippen LogP contribution in [0.15, 0.2) is 47.4 Å². The molecule has 0 spiro atoms. The van der Waals surface area contributed by atoms with Crippen LogP contribution < -0.4 is 10.0 Å². The van der Waals surface area contributed by atoms with Gasteiger partial charge in [-0.1, -0.05) is 43.0 Å². The van der Waals surface area contributed by atoms with E-state index in [4.69, 9.17) is 11.6 Å². The Morgan fingerprint density at radius 3 is 2.52 bits per heavy atom. The zero-order chi connectivity index (χ0) is 19.4. The van der Waals surface area contributed by atoms with Gasteiger partial charge in [-0.15, -0.1) is 0 Å². The molecule has 2 N–H and O–H groups in total. The molecule has 0 heterocycles. The van der Waals surface area contributed by atoms with Gasteiger partial charge in [-0.2, -0.15) is 0 Å². The molecule has 0 unspecified atom stereocenters. The summed E-state index contributed by atoms with van der Waals surface area (Å²) >= 11 is 5.91. The number of halogens is 1. The SMILES string of the molecule is Cc1ccc(S(=O)(=O)Nc2cccc(Cl)c2)cc1C(=O)NC1CCCCC1. The van der Waals surface area contributed by atoms with Crippen molar-refractivity contribution in [2.75, 3.05) is 4.72 Å². The number of sulfonamides is 1. The molecular formula is C20H23ClN2O3S. The maximum absolute atomic E-state index is 12.7. The summed E-state index contributed by atoms with van der Waals surface area (Å²) in [5.74, 6) is -0.223. The Morgan fingerprint density at radius 1 is 1.07 bits per heavy atom. The summed E-state index contributed by atoms with van der Waals surface area (Å²) in [5, 5.41) is 3.48. The molecule has 0 atom stereocenters. The van der Waals surface area contributed by atoms with Crippen LogP contribution in [0.4, 0.5) is 5.69 Å². The first-order valence-electron chi connectivity index (χ1n) is 9.05. The third-order valence-electron chi connectivity index (χ3n) is 4.78. The molecular weight excluding hydrogens is 384 g/mol. The summed E-state index contributed by atoms with van der Waals surface area (Å²) in [7, 11) is -3.82. The van der Waals surface area contributed by atoms with E-state index in [9.17, 15) is 13.2 Å². The lowest BCUT2D eigenvalue weighted by Gasteiger charge is -2.23. The molecule has 2 aromatic rings. The second kappa shape index (κ2) is 8.31. The predicted molar refractivity (Wildman–Crippen MR) is 108 cm³/mol. The Bertz CT molecular complexity index is 938. The van der Waals surface area contributed by atoms with Gasteiger partial charge in [0.15, 0.2) is 0 Å². The van der Waals surface area contributed by atoms with Crippen molar-refractivity contribution in [2.24, 2.45) is 0 Å². The lowest BCUT2D eigenvalue weighted by molar-refractivity contribution is 0.0927. The first kappa shape index (κ1) is 19.7. The minimum atomic E-state index is -3.82. The first-order valence-corrected chi connectivity index (χ1v) is 10.9. The van der Waals surface area contributed by atoms with E-state index < -0.39 is 10.0 Å². The molecule has 3 rings (SSSR count). The van der Waals surface area contributed by atoms with Gasteiger partial charge in [-0.3, -0.25) is 9.52 Å². The van der Waals surface area contributed by atoms with Gasteiger partial charge in [0.05, 0.1) is 10.6 Å². The Kier molecular flexibility index (Phi) is 6.07. The quantitative estimate of drug-likeness (QED) is 0.766. The van der Waals surface area contributed by atoms with Crippen LogP contribution in [-0.4, -0.2) is 20.4 Å². The van der Waals surface area contributed by atoms with Crippen LogP contribution in [0.2, 0.25) is 5.02 Å². The number of benzene rings is 2. The molecule has 0 saturated heterocycles. The summed E-state index contributed by atoms with van der Waals surface area (Å²) in [6.45, 7) is 1.80. The van der Waals surface area contributed by atoms with Crippen molar-refractivity contribution in [3.05, 3.63) is 58.6 Å². The first-order chi connectivity index (χ1) is 12.8. The van der Waals surface area contributed by atoms with E-state index in [1.165, 1.54) is 24.6 Å². The van der Waals surface area contributed by atoms with Crippen LogP contribution >= 0.6 is 11.6 Å². The van der Waals surface area contributed by atoms with Gasteiger partial charge in [0.2, 0.25) is 0 Å². The third kappa shape index (κ3) is 5.02. The highest BCUT2D eigenvalue weighted by atomic mass is 35.5. The van der Waals surface area contributed by atoms with Gasteiger partial charge in [-0.05, 0) is 55.7 Å². The number of anilines is 1. The van der Waals surface area contributed by atoms with Gasteiger partial charge < -0.3 is 5.32 Å². The number of aryl methyl sites for hydroxylation is 1. The number of amides is 1. The highest BCUT2D eigenvalue weighted by Crippen LogP contribution is 2.22. The Hall–Kier alpha value is -2.05. The minimum Gasteiger partial charge on any atom is -0.349 e. The molecule has 1 amide bonds. The van der Waals surface area contributed by atoms with Crippen LogP contribution in [0, 0.1) is 6.92 Å². The number of hydrogen-bond acceptors (Lipinski definition) is 3.